The first-order valence-corrected chi connectivity index (χ1v) is 9.14. The number of aromatic nitrogens is 2. The zero-order valence-corrected chi connectivity index (χ0v) is 16.2. The number of likely N-dealkylation sites (tertiary alicyclic amines) is 1. The highest BCUT2D eigenvalue weighted by atomic mass is 19.1. The van der Waals surface area contributed by atoms with Crippen LogP contribution in [0.1, 0.15) is 41.0 Å². The maximum absolute atomic E-state index is 13.3. The third-order valence-electron chi connectivity index (χ3n) is 4.94. The lowest BCUT2D eigenvalue weighted by Gasteiger charge is -2.20. The number of hydrogen-bond acceptors (Lipinski definition) is 5. The fraction of sp³-hybridized carbons (Fsp3) is 0.450. The number of rotatable bonds is 5. The van der Waals surface area contributed by atoms with Crippen LogP contribution in [0.15, 0.2) is 30.5 Å². The molecule has 1 aromatic carbocycles. The Morgan fingerprint density at radius 1 is 1.33 bits per heavy atom. The molecule has 2 heterocycles. The summed E-state index contributed by atoms with van der Waals surface area (Å²) in [4.78, 5) is 25.2. The van der Waals surface area contributed by atoms with Gasteiger partial charge in [0.2, 0.25) is 0 Å². The fourth-order valence-corrected chi connectivity index (χ4v) is 3.30. The van der Waals surface area contributed by atoms with Gasteiger partial charge >= 0.3 is 0 Å². The van der Waals surface area contributed by atoms with Crippen molar-refractivity contribution >= 4 is 11.7 Å². The van der Waals surface area contributed by atoms with Gasteiger partial charge in [-0.25, -0.2) is 14.4 Å². The lowest BCUT2D eigenvalue weighted by molar-refractivity contribution is 0.0821. The molecule has 0 unspecified atom stereocenters. The zero-order valence-electron chi connectivity index (χ0n) is 16.2. The third kappa shape index (κ3) is 4.42. The molecule has 1 N–H and O–H groups in total. The molecule has 6 nitrogen and oxygen atoms in total. The largest absolute Gasteiger partial charge is 0.364 e. The number of nitrogens with one attached hydrogen (secondary N) is 1. The van der Waals surface area contributed by atoms with Crippen LogP contribution in [0, 0.1) is 5.82 Å². The Labute approximate surface area is 159 Å². The van der Waals surface area contributed by atoms with E-state index in [1.54, 1.807) is 26.2 Å². The van der Waals surface area contributed by atoms with Crippen molar-refractivity contribution in [3.63, 3.8) is 0 Å². The molecule has 0 radical (unpaired) electrons. The van der Waals surface area contributed by atoms with Crippen LogP contribution in [0.2, 0.25) is 0 Å². The van der Waals surface area contributed by atoms with Crippen LogP contribution in [0.5, 0.6) is 0 Å². The van der Waals surface area contributed by atoms with Gasteiger partial charge in [0.1, 0.15) is 17.3 Å². The van der Waals surface area contributed by atoms with Crippen molar-refractivity contribution in [1.29, 1.82) is 0 Å². The van der Waals surface area contributed by atoms with Crippen LogP contribution in [0.25, 0.3) is 0 Å². The summed E-state index contributed by atoms with van der Waals surface area (Å²) in [6.07, 6.45) is 2.55. The van der Waals surface area contributed by atoms with E-state index in [0.717, 1.165) is 25.1 Å². The molecule has 1 aromatic heterocycles. The van der Waals surface area contributed by atoms with Gasteiger partial charge in [0.15, 0.2) is 0 Å². The van der Waals surface area contributed by atoms with E-state index < -0.39 is 0 Å². The molecular formula is C20H26FN5O. The number of nitrogens with zero attached hydrogens (tertiary/aromatic N) is 4. The van der Waals surface area contributed by atoms with Crippen LogP contribution in [0.3, 0.4) is 0 Å². The van der Waals surface area contributed by atoms with Crippen molar-refractivity contribution < 1.29 is 9.18 Å². The molecule has 0 aliphatic carbocycles. The maximum Gasteiger partial charge on any atom is 0.273 e. The topological polar surface area (TPSA) is 61.4 Å². The Balaban J connectivity index is 1.96. The monoisotopic (exact) mass is 371 g/mol. The number of amides is 1. The number of anilines is 1. The van der Waals surface area contributed by atoms with Crippen molar-refractivity contribution in [2.45, 2.75) is 25.3 Å². The van der Waals surface area contributed by atoms with E-state index >= 15 is 0 Å². The Hall–Kier alpha value is -2.54. The van der Waals surface area contributed by atoms with Gasteiger partial charge in [-0.1, -0.05) is 19.1 Å². The van der Waals surface area contributed by atoms with Gasteiger partial charge in [0.25, 0.3) is 5.91 Å². The fourth-order valence-electron chi connectivity index (χ4n) is 3.30. The SMILES string of the molecule is C[C@@H](c1ccc(F)cc1)c1nc(C(=O)N(C)C)cnc1N[C@@H]1CCN(C)C1. The van der Waals surface area contributed by atoms with Crippen LogP contribution >= 0.6 is 0 Å². The van der Waals surface area contributed by atoms with Gasteiger partial charge in [0, 0.05) is 32.6 Å². The smallest absolute Gasteiger partial charge is 0.273 e. The molecule has 1 fully saturated rings. The first-order valence-electron chi connectivity index (χ1n) is 9.14. The lowest BCUT2D eigenvalue weighted by atomic mass is 9.97. The molecule has 1 saturated heterocycles. The second-order valence-electron chi connectivity index (χ2n) is 7.35. The molecule has 3 rings (SSSR count). The summed E-state index contributed by atoms with van der Waals surface area (Å²) in [6, 6.07) is 6.66. The van der Waals surface area contributed by atoms with E-state index in [-0.39, 0.29) is 17.6 Å². The van der Waals surface area contributed by atoms with E-state index in [4.69, 9.17) is 0 Å². The van der Waals surface area contributed by atoms with Crippen molar-refractivity contribution in [2.75, 3.05) is 39.5 Å². The van der Waals surface area contributed by atoms with Crippen LogP contribution in [0.4, 0.5) is 10.2 Å². The number of carbonyl (C=O) groups is 1. The first-order chi connectivity index (χ1) is 12.8. The van der Waals surface area contributed by atoms with Crippen molar-refractivity contribution in [3.05, 3.63) is 53.2 Å². The summed E-state index contributed by atoms with van der Waals surface area (Å²) in [5.41, 5.74) is 1.92. The molecule has 7 heteroatoms. The van der Waals surface area contributed by atoms with E-state index in [1.165, 1.54) is 23.2 Å². The van der Waals surface area contributed by atoms with E-state index in [2.05, 4.69) is 27.2 Å². The average molecular weight is 371 g/mol. The first kappa shape index (κ1) is 19.2. The Bertz CT molecular complexity index is 809. The van der Waals surface area contributed by atoms with Crippen molar-refractivity contribution in [1.82, 2.24) is 19.8 Å². The lowest BCUT2D eigenvalue weighted by Crippen LogP contribution is -2.27. The Morgan fingerprint density at radius 2 is 2.04 bits per heavy atom. The molecule has 1 aliphatic rings. The summed E-state index contributed by atoms with van der Waals surface area (Å²) < 4.78 is 13.3. The van der Waals surface area contributed by atoms with Gasteiger partial charge in [-0.15, -0.1) is 0 Å². The van der Waals surface area contributed by atoms with Crippen molar-refractivity contribution in [2.24, 2.45) is 0 Å². The van der Waals surface area contributed by atoms with E-state index in [0.29, 0.717) is 23.2 Å². The number of likely N-dealkylation sites (N-methyl/N-ethyl adjacent to an activating group) is 1. The molecule has 0 bridgehead atoms. The average Bonchev–Trinajstić information content (AvgIpc) is 3.06. The number of benzene rings is 1. The maximum atomic E-state index is 13.3. The molecule has 144 valence electrons. The van der Waals surface area contributed by atoms with Crippen LogP contribution < -0.4 is 5.32 Å². The number of hydrogen-bond donors (Lipinski definition) is 1. The van der Waals surface area contributed by atoms with Gasteiger partial charge < -0.3 is 15.1 Å². The number of carbonyl (C=O) groups excluding carboxylic acids is 1. The highest BCUT2D eigenvalue weighted by Crippen LogP contribution is 2.29. The predicted octanol–water partition coefficient (Wildman–Crippen LogP) is 2.59. The minimum absolute atomic E-state index is 0.130. The molecule has 1 aliphatic heterocycles. The zero-order chi connectivity index (χ0) is 19.6. The summed E-state index contributed by atoms with van der Waals surface area (Å²) in [5.74, 6) is 0.0835. The molecule has 0 saturated carbocycles. The molecule has 27 heavy (non-hydrogen) atoms. The molecule has 1 amide bonds. The molecule has 0 spiro atoms. The third-order valence-corrected chi connectivity index (χ3v) is 4.94. The molecule has 2 aromatic rings. The summed E-state index contributed by atoms with van der Waals surface area (Å²) in [6.45, 7) is 3.96. The van der Waals surface area contributed by atoms with Gasteiger partial charge in [-0.05, 0) is 37.7 Å². The Morgan fingerprint density at radius 3 is 2.63 bits per heavy atom. The normalized spacial score (nSPS) is 18.3. The minimum atomic E-state index is -0.277. The minimum Gasteiger partial charge on any atom is -0.364 e. The summed E-state index contributed by atoms with van der Waals surface area (Å²) in [5, 5.41) is 3.48. The van der Waals surface area contributed by atoms with Crippen LogP contribution in [-0.2, 0) is 0 Å². The molecule has 2 atom stereocenters. The highest BCUT2D eigenvalue weighted by molar-refractivity contribution is 5.91. The van der Waals surface area contributed by atoms with Gasteiger partial charge in [0.05, 0.1) is 11.9 Å². The van der Waals surface area contributed by atoms with Gasteiger partial charge in [-0.3, -0.25) is 4.79 Å². The second kappa shape index (κ2) is 8.00. The number of halogens is 1. The second-order valence-corrected chi connectivity index (χ2v) is 7.35. The summed E-state index contributed by atoms with van der Waals surface area (Å²) >= 11 is 0. The van der Waals surface area contributed by atoms with E-state index in [1.807, 2.05) is 6.92 Å². The van der Waals surface area contributed by atoms with Crippen molar-refractivity contribution in [3.8, 4) is 0 Å². The predicted molar refractivity (Wildman–Crippen MR) is 103 cm³/mol. The van der Waals surface area contributed by atoms with Crippen LogP contribution in [-0.4, -0.2) is 65.9 Å². The quantitative estimate of drug-likeness (QED) is 0.875. The van der Waals surface area contributed by atoms with E-state index in [9.17, 15) is 9.18 Å². The highest BCUT2D eigenvalue weighted by Gasteiger charge is 2.24. The molecular weight excluding hydrogens is 345 g/mol. The summed E-state index contributed by atoms with van der Waals surface area (Å²) in [7, 11) is 5.47. The van der Waals surface area contributed by atoms with Gasteiger partial charge in [-0.2, -0.15) is 0 Å². The Kier molecular flexibility index (Phi) is 5.70. The standard InChI is InChI=1S/C20H26FN5O/c1-13(14-5-7-15(21)8-6-14)18-19(23-16-9-10-26(4)12-16)22-11-17(24-18)20(27)25(2)3/h5-8,11,13,16H,9-10,12H2,1-4H3,(H,22,23)/t13-,16+/m0/s1.